The molecule has 9 nitrogen and oxygen atoms in total. The second kappa shape index (κ2) is 18.2. The highest BCUT2D eigenvalue weighted by Crippen LogP contribution is 2.21. The lowest BCUT2D eigenvalue weighted by Gasteiger charge is -2.32. The van der Waals surface area contributed by atoms with E-state index in [1.54, 1.807) is 0 Å². The Kier molecular flexibility index (Phi) is 14.4. The van der Waals surface area contributed by atoms with Crippen molar-refractivity contribution in [2.75, 3.05) is 31.6 Å². The van der Waals surface area contributed by atoms with Gasteiger partial charge in [-0.1, -0.05) is 93.1 Å². The van der Waals surface area contributed by atoms with Crippen molar-refractivity contribution < 1.29 is 24.3 Å². The largest absolute Gasteiger partial charge is 0.480 e. The Morgan fingerprint density at radius 3 is 2.20 bits per heavy atom. The first-order valence-corrected chi connectivity index (χ1v) is 16.8. The molecule has 0 aliphatic carbocycles. The maximum Gasteiger partial charge on any atom is 0.326 e. The van der Waals surface area contributed by atoms with Crippen molar-refractivity contribution in [3.63, 3.8) is 0 Å². The van der Waals surface area contributed by atoms with Crippen LogP contribution in [0.15, 0.2) is 72.8 Å². The number of fused-ring (bicyclic) bond motifs is 1. The molecule has 45 heavy (non-hydrogen) atoms. The van der Waals surface area contributed by atoms with Crippen LogP contribution < -0.4 is 10.6 Å². The molecule has 0 bridgehead atoms. The molecule has 0 unspecified atom stereocenters. The standard InChI is InChI=1S/C35H46N4O5S/c1-5-25(2)32(37-34(42)24-39(26(3)40)20-27-12-7-6-8-13-27)22-38(23-33(41)36-31(35(43)44)18-19-45-4)21-29-16-11-15-28-14-9-10-17-30(28)29/h6-17,25,31-32H,5,18-24H2,1-4H3,(H,36,41)(H,37,42)(H,43,44)/t25-,31-,32+/m0/s1. The third-order valence-corrected chi connectivity index (χ3v) is 8.66. The molecule has 3 rings (SSSR count). The molecule has 3 atom stereocenters. The molecule has 0 aliphatic rings. The molecular weight excluding hydrogens is 588 g/mol. The highest BCUT2D eigenvalue weighted by molar-refractivity contribution is 7.98. The molecule has 0 heterocycles. The van der Waals surface area contributed by atoms with Gasteiger partial charge < -0.3 is 20.6 Å². The van der Waals surface area contributed by atoms with E-state index in [1.165, 1.54) is 23.6 Å². The maximum atomic E-state index is 13.4. The average Bonchev–Trinajstić information content (AvgIpc) is 3.02. The van der Waals surface area contributed by atoms with Gasteiger partial charge in [0.05, 0.1) is 13.1 Å². The Morgan fingerprint density at radius 2 is 1.53 bits per heavy atom. The van der Waals surface area contributed by atoms with Gasteiger partial charge >= 0.3 is 5.97 Å². The van der Waals surface area contributed by atoms with Gasteiger partial charge in [0.2, 0.25) is 17.7 Å². The second-order valence-corrected chi connectivity index (χ2v) is 12.5. The Bertz CT molecular complexity index is 1410. The van der Waals surface area contributed by atoms with Crippen LogP contribution in [0.2, 0.25) is 0 Å². The van der Waals surface area contributed by atoms with Crippen molar-refractivity contribution in [3.05, 3.63) is 83.9 Å². The number of hydrogen-bond acceptors (Lipinski definition) is 6. The van der Waals surface area contributed by atoms with Gasteiger partial charge in [0.25, 0.3) is 0 Å². The van der Waals surface area contributed by atoms with E-state index >= 15 is 0 Å². The monoisotopic (exact) mass is 634 g/mol. The van der Waals surface area contributed by atoms with Crippen molar-refractivity contribution in [2.24, 2.45) is 5.92 Å². The van der Waals surface area contributed by atoms with Gasteiger partial charge in [-0.15, -0.1) is 0 Å². The molecule has 0 fully saturated rings. The Labute approximate surface area is 270 Å². The average molecular weight is 635 g/mol. The molecule has 0 spiro atoms. The number of carboxylic acid groups (broad SMARTS) is 1. The number of aliphatic carboxylic acids is 1. The molecule has 3 aromatic carbocycles. The van der Waals surface area contributed by atoms with Crippen LogP contribution in [0, 0.1) is 5.92 Å². The number of nitrogens with one attached hydrogen (secondary N) is 2. The number of rotatable bonds is 18. The molecule has 3 N–H and O–H groups in total. The molecule has 242 valence electrons. The van der Waals surface area contributed by atoms with Crippen LogP contribution in [-0.2, 0) is 32.3 Å². The van der Waals surface area contributed by atoms with E-state index in [2.05, 4.69) is 17.6 Å². The lowest BCUT2D eigenvalue weighted by atomic mass is 9.97. The van der Waals surface area contributed by atoms with Crippen LogP contribution >= 0.6 is 11.8 Å². The first-order valence-electron chi connectivity index (χ1n) is 15.4. The molecule has 0 saturated heterocycles. The predicted octanol–water partition coefficient (Wildman–Crippen LogP) is 4.54. The molecule has 3 aromatic rings. The summed E-state index contributed by atoms with van der Waals surface area (Å²) < 4.78 is 0. The summed E-state index contributed by atoms with van der Waals surface area (Å²) in [7, 11) is 0. The van der Waals surface area contributed by atoms with Crippen LogP contribution in [0.5, 0.6) is 0 Å². The van der Waals surface area contributed by atoms with E-state index in [1.807, 2.05) is 90.9 Å². The van der Waals surface area contributed by atoms with Crippen molar-refractivity contribution >= 4 is 46.2 Å². The second-order valence-electron chi connectivity index (χ2n) is 11.5. The number of carbonyl (C=O) groups is 4. The predicted molar refractivity (Wildman–Crippen MR) is 181 cm³/mol. The summed E-state index contributed by atoms with van der Waals surface area (Å²) in [6.45, 7) is 6.54. The van der Waals surface area contributed by atoms with E-state index in [0.29, 0.717) is 31.8 Å². The summed E-state index contributed by atoms with van der Waals surface area (Å²) in [4.78, 5) is 54.4. The van der Waals surface area contributed by atoms with E-state index in [9.17, 15) is 24.3 Å². The fourth-order valence-electron chi connectivity index (χ4n) is 5.23. The molecule has 3 amide bonds. The van der Waals surface area contributed by atoms with Crippen molar-refractivity contribution in [1.82, 2.24) is 20.4 Å². The number of carboxylic acids is 1. The van der Waals surface area contributed by atoms with Crippen LogP contribution in [-0.4, -0.2) is 82.3 Å². The van der Waals surface area contributed by atoms with Crippen LogP contribution in [0.4, 0.5) is 0 Å². The van der Waals surface area contributed by atoms with E-state index in [0.717, 1.165) is 28.3 Å². The van der Waals surface area contributed by atoms with Gasteiger partial charge in [0, 0.05) is 32.6 Å². The molecule has 0 aliphatic heterocycles. The first kappa shape index (κ1) is 35.6. The normalized spacial score (nSPS) is 13.2. The zero-order valence-electron chi connectivity index (χ0n) is 26.7. The summed E-state index contributed by atoms with van der Waals surface area (Å²) in [6, 6.07) is 22.3. The van der Waals surface area contributed by atoms with Crippen LogP contribution in [0.3, 0.4) is 0 Å². The van der Waals surface area contributed by atoms with E-state index < -0.39 is 12.0 Å². The first-order chi connectivity index (χ1) is 21.6. The fourth-order valence-corrected chi connectivity index (χ4v) is 5.70. The van der Waals surface area contributed by atoms with Gasteiger partial charge in [0.15, 0.2) is 0 Å². The number of thioether (sulfide) groups is 1. The summed E-state index contributed by atoms with van der Waals surface area (Å²) in [5, 5.41) is 17.7. The molecule has 0 radical (unpaired) electrons. The number of carbonyl (C=O) groups excluding carboxylic acids is 3. The van der Waals surface area contributed by atoms with Crippen LogP contribution in [0.25, 0.3) is 10.8 Å². The van der Waals surface area contributed by atoms with Gasteiger partial charge in [0.1, 0.15) is 6.04 Å². The number of benzene rings is 3. The number of nitrogens with zero attached hydrogens (tertiary/aromatic N) is 2. The molecular formula is C35H46N4O5S. The smallest absolute Gasteiger partial charge is 0.326 e. The summed E-state index contributed by atoms with van der Waals surface area (Å²) in [5.74, 6) is -1.24. The van der Waals surface area contributed by atoms with E-state index in [-0.39, 0.29) is 42.8 Å². The highest BCUT2D eigenvalue weighted by Gasteiger charge is 2.26. The van der Waals surface area contributed by atoms with Crippen molar-refractivity contribution in [1.29, 1.82) is 0 Å². The topological polar surface area (TPSA) is 119 Å². The fraction of sp³-hybridized carbons (Fsp3) is 0.429. The lowest BCUT2D eigenvalue weighted by molar-refractivity contribution is -0.142. The Hall–Kier alpha value is -3.89. The molecule has 0 saturated carbocycles. The molecule has 10 heteroatoms. The Balaban J connectivity index is 1.82. The number of hydrogen-bond donors (Lipinski definition) is 3. The van der Waals surface area contributed by atoms with Crippen molar-refractivity contribution in [3.8, 4) is 0 Å². The summed E-state index contributed by atoms with van der Waals surface area (Å²) >= 11 is 1.53. The van der Waals surface area contributed by atoms with Gasteiger partial charge in [-0.05, 0) is 46.2 Å². The summed E-state index contributed by atoms with van der Waals surface area (Å²) in [5.41, 5.74) is 1.96. The van der Waals surface area contributed by atoms with Crippen LogP contribution in [0.1, 0.15) is 44.7 Å². The quantitative estimate of drug-likeness (QED) is 0.188. The van der Waals surface area contributed by atoms with Gasteiger partial charge in [-0.3, -0.25) is 19.3 Å². The zero-order valence-corrected chi connectivity index (χ0v) is 27.5. The van der Waals surface area contributed by atoms with Gasteiger partial charge in [-0.2, -0.15) is 11.8 Å². The minimum absolute atomic E-state index is 0.0390. The minimum atomic E-state index is -1.06. The minimum Gasteiger partial charge on any atom is -0.480 e. The third kappa shape index (κ3) is 11.5. The maximum absolute atomic E-state index is 13.4. The number of amides is 3. The van der Waals surface area contributed by atoms with E-state index in [4.69, 9.17) is 0 Å². The lowest BCUT2D eigenvalue weighted by Crippen LogP contribution is -2.52. The third-order valence-electron chi connectivity index (χ3n) is 8.01. The van der Waals surface area contributed by atoms with Gasteiger partial charge in [-0.25, -0.2) is 4.79 Å². The zero-order chi connectivity index (χ0) is 32.8. The Morgan fingerprint density at radius 1 is 0.867 bits per heavy atom. The molecule has 0 aromatic heterocycles. The SMILES string of the molecule is CC[C@H](C)[C@@H](CN(CC(=O)N[C@@H](CCSC)C(=O)O)Cc1cccc2ccccc12)NC(=O)CN(Cc1ccccc1)C(C)=O. The summed E-state index contributed by atoms with van der Waals surface area (Å²) in [6.07, 6.45) is 3.01. The highest BCUT2D eigenvalue weighted by atomic mass is 32.2. The van der Waals surface area contributed by atoms with Crippen molar-refractivity contribution in [2.45, 2.75) is 58.8 Å².